The predicted octanol–water partition coefficient (Wildman–Crippen LogP) is 2.89. The number of hydrogen-bond donors (Lipinski definition) is 2. The summed E-state index contributed by atoms with van der Waals surface area (Å²) in [6.07, 6.45) is 0. The maximum atomic E-state index is 11.8. The number of nitrogens with zero attached hydrogens (tertiary/aromatic N) is 1. The lowest BCUT2D eigenvalue weighted by atomic mass is 10.2. The molecule has 1 unspecified atom stereocenters. The Morgan fingerprint density at radius 2 is 1.95 bits per heavy atom. The van der Waals surface area contributed by atoms with Crippen LogP contribution in [0.3, 0.4) is 0 Å². The largest absolute Gasteiger partial charge is 0.435 e. The molecule has 1 saturated heterocycles. The van der Waals surface area contributed by atoms with Gasteiger partial charge in [-0.05, 0) is 24.7 Å². The Labute approximate surface area is 134 Å². The van der Waals surface area contributed by atoms with Crippen molar-refractivity contribution in [3.63, 3.8) is 0 Å². The van der Waals surface area contributed by atoms with Crippen LogP contribution in [0.25, 0.3) is 0 Å². The molecule has 1 heterocycles. The van der Waals surface area contributed by atoms with E-state index in [2.05, 4.69) is 31.4 Å². The van der Waals surface area contributed by atoms with Gasteiger partial charge in [-0.15, -0.1) is 11.8 Å². The fourth-order valence-corrected chi connectivity index (χ4v) is 4.05. The Morgan fingerprint density at radius 3 is 2.45 bits per heavy atom. The molecule has 1 aromatic carbocycles. The van der Waals surface area contributed by atoms with Crippen LogP contribution in [0.5, 0.6) is 0 Å². The standard InChI is InChI=1S/C13H20N3O4PS/c1-16-8-9-22-12(16)10-4-6-11(7-5-10)14-13(17)15-21(18,19-2)20-3/h4-7,12H,8-9H2,1-3H3,(H2,14,15,17,18). The first-order chi connectivity index (χ1) is 10.5. The monoisotopic (exact) mass is 345 g/mol. The smallest absolute Gasteiger partial charge is 0.308 e. The third kappa shape index (κ3) is 4.24. The van der Waals surface area contributed by atoms with Crippen molar-refractivity contribution >= 4 is 31.2 Å². The van der Waals surface area contributed by atoms with Crippen molar-refractivity contribution in [2.75, 3.05) is 38.9 Å². The summed E-state index contributed by atoms with van der Waals surface area (Å²) in [5.74, 6) is 1.12. The topological polar surface area (TPSA) is 79.9 Å². The second-order valence-electron chi connectivity index (χ2n) is 4.75. The molecule has 0 aliphatic carbocycles. The van der Waals surface area contributed by atoms with Crippen molar-refractivity contribution in [3.8, 4) is 0 Å². The van der Waals surface area contributed by atoms with Gasteiger partial charge in [0.2, 0.25) is 0 Å². The van der Waals surface area contributed by atoms with E-state index in [1.807, 2.05) is 36.0 Å². The zero-order chi connectivity index (χ0) is 16.2. The van der Waals surface area contributed by atoms with Gasteiger partial charge >= 0.3 is 13.8 Å². The van der Waals surface area contributed by atoms with Gasteiger partial charge in [0.1, 0.15) is 0 Å². The number of hydrogen-bond acceptors (Lipinski definition) is 6. The van der Waals surface area contributed by atoms with E-state index >= 15 is 0 Å². The van der Waals surface area contributed by atoms with Crippen LogP contribution in [-0.4, -0.2) is 44.5 Å². The lowest BCUT2D eigenvalue weighted by Gasteiger charge is -2.19. The molecule has 2 N–H and O–H groups in total. The zero-order valence-corrected chi connectivity index (χ0v) is 14.4. The van der Waals surface area contributed by atoms with Crippen molar-refractivity contribution in [1.29, 1.82) is 0 Å². The van der Waals surface area contributed by atoms with E-state index in [1.165, 1.54) is 19.8 Å². The third-order valence-electron chi connectivity index (χ3n) is 3.29. The Kier molecular flexibility index (Phi) is 5.88. The molecule has 2 rings (SSSR count). The summed E-state index contributed by atoms with van der Waals surface area (Å²) in [7, 11) is 0.920. The molecule has 1 aromatic rings. The Morgan fingerprint density at radius 1 is 1.32 bits per heavy atom. The van der Waals surface area contributed by atoms with Gasteiger partial charge in [0.25, 0.3) is 0 Å². The van der Waals surface area contributed by atoms with Gasteiger partial charge in [-0.2, -0.15) is 0 Å². The zero-order valence-electron chi connectivity index (χ0n) is 12.7. The highest BCUT2D eigenvalue weighted by Gasteiger charge is 2.25. The number of thioether (sulfide) groups is 1. The molecule has 0 spiro atoms. The summed E-state index contributed by atoms with van der Waals surface area (Å²) < 4.78 is 21.1. The van der Waals surface area contributed by atoms with Crippen LogP contribution in [0.4, 0.5) is 10.5 Å². The molecule has 0 bridgehead atoms. The van der Waals surface area contributed by atoms with Gasteiger partial charge in [-0.1, -0.05) is 12.1 Å². The van der Waals surface area contributed by atoms with Crippen LogP contribution in [0, 0.1) is 0 Å². The number of urea groups is 1. The lowest BCUT2D eigenvalue weighted by Crippen LogP contribution is -2.27. The summed E-state index contributed by atoms with van der Waals surface area (Å²) in [5, 5.41) is 5.11. The van der Waals surface area contributed by atoms with E-state index in [-0.39, 0.29) is 0 Å². The number of carbonyl (C=O) groups is 1. The quantitative estimate of drug-likeness (QED) is 0.799. The van der Waals surface area contributed by atoms with Crippen molar-refractivity contribution < 1.29 is 18.4 Å². The van der Waals surface area contributed by atoms with E-state index in [4.69, 9.17) is 0 Å². The van der Waals surface area contributed by atoms with Crippen molar-refractivity contribution in [1.82, 2.24) is 9.99 Å². The van der Waals surface area contributed by atoms with Crippen LogP contribution in [0.15, 0.2) is 24.3 Å². The van der Waals surface area contributed by atoms with Gasteiger partial charge in [0.05, 0.1) is 5.37 Å². The van der Waals surface area contributed by atoms with E-state index in [1.54, 1.807) is 0 Å². The molecule has 22 heavy (non-hydrogen) atoms. The molecule has 2 amide bonds. The molecule has 1 atom stereocenters. The molecule has 1 aliphatic heterocycles. The highest BCUT2D eigenvalue weighted by Crippen LogP contribution is 2.41. The Bertz CT molecular complexity index is 561. The third-order valence-corrected chi connectivity index (χ3v) is 6.10. The maximum absolute atomic E-state index is 11.8. The SMILES string of the molecule is COP(=O)(NC(=O)Nc1ccc(C2SCCN2C)cc1)OC. The molecule has 7 nitrogen and oxygen atoms in total. The van der Waals surface area contributed by atoms with Crippen LogP contribution in [0.1, 0.15) is 10.9 Å². The Balaban J connectivity index is 1.96. The fourth-order valence-electron chi connectivity index (χ4n) is 2.08. The molecule has 9 heteroatoms. The van der Waals surface area contributed by atoms with Crippen LogP contribution in [-0.2, 0) is 13.6 Å². The lowest BCUT2D eigenvalue weighted by molar-refractivity contribution is 0.242. The van der Waals surface area contributed by atoms with Crippen LogP contribution < -0.4 is 10.4 Å². The normalized spacial score (nSPS) is 19.1. The first kappa shape index (κ1) is 17.3. The molecular weight excluding hydrogens is 325 g/mol. The minimum atomic E-state index is -3.58. The van der Waals surface area contributed by atoms with E-state index in [0.717, 1.165) is 12.3 Å². The summed E-state index contributed by atoms with van der Waals surface area (Å²) in [6.45, 7) is 1.07. The highest BCUT2D eigenvalue weighted by molar-refractivity contribution is 7.99. The first-order valence-electron chi connectivity index (χ1n) is 6.70. The number of nitrogens with one attached hydrogen (secondary N) is 2. The molecular formula is C13H20N3O4PS. The van der Waals surface area contributed by atoms with E-state index in [9.17, 15) is 9.36 Å². The molecule has 1 fully saturated rings. The van der Waals surface area contributed by atoms with Gasteiger partial charge in [0.15, 0.2) is 0 Å². The number of rotatable bonds is 5. The Hall–Kier alpha value is -1.05. The van der Waals surface area contributed by atoms with Crippen molar-refractivity contribution in [2.45, 2.75) is 5.37 Å². The minimum Gasteiger partial charge on any atom is -0.308 e. The van der Waals surface area contributed by atoms with Crippen molar-refractivity contribution in [2.24, 2.45) is 0 Å². The first-order valence-corrected chi connectivity index (χ1v) is 9.29. The van der Waals surface area contributed by atoms with Gasteiger partial charge in [-0.3, -0.25) is 13.9 Å². The summed E-state index contributed by atoms with van der Waals surface area (Å²) in [5.41, 5.74) is 1.79. The van der Waals surface area contributed by atoms with Gasteiger partial charge in [0, 0.05) is 32.2 Å². The number of benzene rings is 1. The molecule has 1 aliphatic rings. The van der Waals surface area contributed by atoms with E-state index in [0.29, 0.717) is 11.1 Å². The minimum absolute atomic E-state index is 0.352. The van der Waals surface area contributed by atoms with Crippen LogP contribution >= 0.6 is 19.5 Å². The highest BCUT2D eigenvalue weighted by atomic mass is 32.2. The second-order valence-corrected chi connectivity index (χ2v) is 7.89. The molecule has 0 radical (unpaired) electrons. The second kappa shape index (κ2) is 7.48. The molecule has 0 aromatic heterocycles. The molecule has 0 saturated carbocycles. The summed E-state index contributed by atoms with van der Waals surface area (Å²) in [6, 6.07) is 6.92. The average molecular weight is 345 g/mol. The number of amides is 2. The average Bonchev–Trinajstić information content (AvgIpc) is 2.94. The number of carbonyl (C=O) groups excluding carboxylic acids is 1. The van der Waals surface area contributed by atoms with Crippen LogP contribution in [0.2, 0.25) is 0 Å². The van der Waals surface area contributed by atoms with Gasteiger partial charge in [-0.25, -0.2) is 14.4 Å². The van der Waals surface area contributed by atoms with E-state index < -0.39 is 13.8 Å². The molecule has 122 valence electrons. The van der Waals surface area contributed by atoms with Gasteiger partial charge < -0.3 is 5.32 Å². The summed E-state index contributed by atoms with van der Waals surface area (Å²) in [4.78, 5) is 14.1. The fraction of sp³-hybridized carbons (Fsp3) is 0.462. The number of anilines is 1. The van der Waals surface area contributed by atoms with Crippen molar-refractivity contribution in [3.05, 3.63) is 29.8 Å². The summed E-state index contributed by atoms with van der Waals surface area (Å²) >= 11 is 1.89. The predicted molar refractivity (Wildman–Crippen MR) is 88.0 cm³/mol. The maximum Gasteiger partial charge on any atom is 0.435 e.